The molecule has 0 saturated carbocycles. The largest absolute Gasteiger partial charge is 0.293 e. The monoisotopic (exact) mass is 191 g/mol. The van der Waals surface area contributed by atoms with Gasteiger partial charge in [0.25, 0.3) is 0 Å². The van der Waals surface area contributed by atoms with E-state index < -0.39 is 5.41 Å². The first-order chi connectivity index (χ1) is 6.23. The number of nitrogens with zero attached hydrogens (tertiary/aromatic N) is 1. The Morgan fingerprint density at radius 1 is 1.36 bits per heavy atom. The van der Waals surface area contributed by atoms with Crippen LogP contribution in [0.3, 0.4) is 0 Å². The number of nitriles is 1. The molecule has 1 rings (SSSR count). The molecule has 0 aromatic rings. The molecule has 0 aliphatic heterocycles. The molecule has 1 aliphatic rings. The lowest BCUT2D eigenvalue weighted by molar-refractivity contribution is -0.128. The van der Waals surface area contributed by atoms with Crippen molar-refractivity contribution in [2.75, 3.05) is 0 Å². The maximum atomic E-state index is 11.9. The summed E-state index contributed by atoms with van der Waals surface area (Å²) in [7, 11) is 0. The maximum absolute atomic E-state index is 11.9. The highest BCUT2D eigenvalue weighted by atomic mass is 16.1. The first kappa shape index (κ1) is 11.0. The van der Waals surface area contributed by atoms with Crippen molar-refractivity contribution in [1.82, 2.24) is 0 Å². The van der Waals surface area contributed by atoms with Crippen LogP contribution in [-0.2, 0) is 4.79 Å². The van der Waals surface area contributed by atoms with E-state index in [1.54, 1.807) is 0 Å². The number of carbonyl (C=O) groups excluding carboxylic acids is 1. The quantitative estimate of drug-likeness (QED) is 0.590. The van der Waals surface area contributed by atoms with Crippen LogP contribution in [0.25, 0.3) is 0 Å². The topological polar surface area (TPSA) is 40.9 Å². The van der Waals surface area contributed by atoms with E-state index in [2.05, 4.69) is 20.8 Å². The van der Waals surface area contributed by atoms with Gasteiger partial charge < -0.3 is 0 Å². The Labute approximate surface area is 85.6 Å². The average molecular weight is 191 g/mol. The van der Waals surface area contributed by atoms with Crippen molar-refractivity contribution in [3.63, 3.8) is 0 Å². The molecule has 0 amide bonds. The first-order valence-corrected chi connectivity index (χ1v) is 4.91. The summed E-state index contributed by atoms with van der Waals surface area (Å²) in [5.41, 5.74) is -0.190. The smallest absolute Gasteiger partial charge is 0.178 e. The Bertz CT molecular complexity index is 342. The molecule has 0 saturated heterocycles. The standard InChI is InChI=1S/C12H17NO/c1-8-11(2,3)6-9(7-13)10(14)12(8,4)5/h6,8H,1-5H3. The van der Waals surface area contributed by atoms with Gasteiger partial charge in [0.2, 0.25) is 0 Å². The molecule has 0 fully saturated rings. The Kier molecular flexibility index (Phi) is 2.31. The summed E-state index contributed by atoms with van der Waals surface area (Å²) in [6.45, 7) is 10.1. The van der Waals surface area contributed by atoms with Crippen molar-refractivity contribution >= 4 is 5.78 Å². The van der Waals surface area contributed by atoms with Crippen LogP contribution in [0.5, 0.6) is 0 Å². The van der Waals surface area contributed by atoms with E-state index in [1.165, 1.54) is 0 Å². The second-order valence-corrected chi connectivity index (χ2v) is 5.26. The molecule has 0 spiro atoms. The molecule has 14 heavy (non-hydrogen) atoms. The van der Waals surface area contributed by atoms with E-state index in [9.17, 15) is 4.79 Å². The second kappa shape index (κ2) is 2.95. The third-order valence-corrected chi connectivity index (χ3v) is 3.67. The molecule has 0 aromatic heterocycles. The third-order valence-electron chi connectivity index (χ3n) is 3.67. The molecule has 76 valence electrons. The normalized spacial score (nSPS) is 29.3. The van der Waals surface area contributed by atoms with Crippen LogP contribution in [0.2, 0.25) is 0 Å². The number of ketones is 1. The minimum Gasteiger partial charge on any atom is -0.293 e. The van der Waals surface area contributed by atoms with E-state index in [1.807, 2.05) is 26.0 Å². The molecule has 2 nitrogen and oxygen atoms in total. The zero-order chi connectivity index (χ0) is 11.1. The number of hydrogen-bond acceptors (Lipinski definition) is 2. The van der Waals surface area contributed by atoms with Gasteiger partial charge in [0.15, 0.2) is 5.78 Å². The van der Waals surface area contributed by atoms with Crippen molar-refractivity contribution in [3.05, 3.63) is 11.6 Å². The Balaban J connectivity index is 3.33. The van der Waals surface area contributed by atoms with Gasteiger partial charge in [-0.2, -0.15) is 5.26 Å². The fourth-order valence-corrected chi connectivity index (χ4v) is 2.12. The summed E-state index contributed by atoms with van der Waals surface area (Å²) in [4.78, 5) is 11.9. The predicted molar refractivity (Wildman–Crippen MR) is 55.4 cm³/mol. The van der Waals surface area contributed by atoms with Gasteiger partial charge in [-0.25, -0.2) is 0 Å². The molecule has 2 heteroatoms. The van der Waals surface area contributed by atoms with Gasteiger partial charge in [0.1, 0.15) is 6.07 Å². The molecule has 1 atom stereocenters. The molecule has 1 aliphatic carbocycles. The van der Waals surface area contributed by atoms with Crippen molar-refractivity contribution in [2.24, 2.45) is 16.7 Å². The number of allylic oxidation sites excluding steroid dienone is 2. The van der Waals surface area contributed by atoms with Crippen LogP contribution >= 0.6 is 0 Å². The predicted octanol–water partition coefficient (Wildman–Crippen LogP) is 2.71. The van der Waals surface area contributed by atoms with Gasteiger partial charge in [-0.15, -0.1) is 0 Å². The number of rotatable bonds is 0. The van der Waals surface area contributed by atoms with Gasteiger partial charge >= 0.3 is 0 Å². The summed E-state index contributed by atoms with van der Waals surface area (Å²) >= 11 is 0. The second-order valence-electron chi connectivity index (χ2n) is 5.26. The van der Waals surface area contributed by atoms with Crippen LogP contribution in [0.1, 0.15) is 34.6 Å². The van der Waals surface area contributed by atoms with Crippen LogP contribution in [0.4, 0.5) is 0 Å². The van der Waals surface area contributed by atoms with Crippen LogP contribution in [0, 0.1) is 28.1 Å². The van der Waals surface area contributed by atoms with Gasteiger partial charge in [-0.1, -0.05) is 40.7 Å². The number of hydrogen-bond donors (Lipinski definition) is 0. The summed E-state index contributed by atoms with van der Waals surface area (Å²) in [5.74, 6) is 0.228. The van der Waals surface area contributed by atoms with Gasteiger partial charge in [-0.05, 0) is 11.3 Å². The fourth-order valence-electron chi connectivity index (χ4n) is 2.12. The lowest BCUT2D eigenvalue weighted by atomic mass is 9.59. The summed E-state index contributed by atoms with van der Waals surface area (Å²) < 4.78 is 0. The Morgan fingerprint density at radius 3 is 2.29 bits per heavy atom. The third kappa shape index (κ3) is 1.37. The first-order valence-electron chi connectivity index (χ1n) is 4.91. The molecular weight excluding hydrogens is 174 g/mol. The SMILES string of the molecule is CC1C(C)(C)C=C(C#N)C(=O)C1(C)C. The molecular formula is C12H17NO. The highest BCUT2D eigenvalue weighted by Gasteiger charge is 2.46. The van der Waals surface area contributed by atoms with Crippen LogP contribution in [-0.4, -0.2) is 5.78 Å². The van der Waals surface area contributed by atoms with Crippen LogP contribution in [0.15, 0.2) is 11.6 Å². The van der Waals surface area contributed by atoms with Crippen molar-refractivity contribution < 1.29 is 4.79 Å². The van der Waals surface area contributed by atoms with Crippen LogP contribution < -0.4 is 0 Å². The average Bonchev–Trinajstić information content (AvgIpc) is 2.09. The minimum atomic E-state index is -0.427. The zero-order valence-corrected chi connectivity index (χ0v) is 9.51. The maximum Gasteiger partial charge on any atom is 0.178 e. The molecule has 0 heterocycles. The van der Waals surface area contributed by atoms with E-state index in [0.29, 0.717) is 5.57 Å². The molecule has 1 unspecified atom stereocenters. The highest BCUT2D eigenvalue weighted by molar-refractivity contribution is 6.03. The molecule has 0 bridgehead atoms. The van der Waals surface area contributed by atoms with Gasteiger partial charge in [0.05, 0.1) is 5.57 Å². The zero-order valence-electron chi connectivity index (χ0n) is 9.51. The fraction of sp³-hybridized carbons (Fsp3) is 0.667. The highest BCUT2D eigenvalue weighted by Crippen LogP contribution is 2.47. The molecule has 0 radical (unpaired) electrons. The van der Waals surface area contributed by atoms with E-state index in [-0.39, 0.29) is 17.1 Å². The number of carbonyl (C=O) groups is 1. The van der Waals surface area contributed by atoms with Gasteiger partial charge in [0, 0.05) is 5.41 Å². The Hall–Kier alpha value is -1.10. The molecule has 0 N–H and O–H groups in total. The summed E-state index contributed by atoms with van der Waals surface area (Å²) in [5, 5.41) is 8.87. The van der Waals surface area contributed by atoms with Crippen molar-refractivity contribution in [3.8, 4) is 6.07 Å². The van der Waals surface area contributed by atoms with E-state index in [4.69, 9.17) is 5.26 Å². The van der Waals surface area contributed by atoms with Crippen molar-refractivity contribution in [2.45, 2.75) is 34.6 Å². The Morgan fingerprint density at radius 2 is 1.86 bits per heavy atom. The van der Waals surface area contributed by atoms with Gasteiger partial charge in [-0.3, -0.25) is 4.79 Å². The lowest BCUT2D eigenvalue weighted by Crippen LogP contribution is -2.43. The van der Waals surface area contributed by atoms with E-state index >= 15 is 0 Å². The molecule has 0 aromatic carbocycles. The van der Waals surface area contributed by atoms with Crippen molar-refractivity contribution in [1.29, 1.82) is 5.26 Å². The van der Waals surface area contributed by atoms with E-state index in [0.717, 1.165) is 0 Å². The summed E-state index contributed by atoms with van der Waals surface area (Å²) in [6, 6.07) is 2.00. The number of Topliss-reactive ketones (excluding diaryl/α,β-unsaturated/α-hetero) is 1. The lowest BCUT2D eigenvalue weighted by Gasteiger charge is -2.43. The summed E-state index contributed by atoms with van der Waals surface area (Å²) in [6.07, 6.45) is 1.81. The minimum absolute atomic E-state index is 0.0215.